The van der Waals surface area contributed by atoms with E-state index in [0.717, 1.165) is 18.5 Å². The molecule has 0 aliphatic carbocycles. The molecule has 84 valence electrons. The topological polar surface area (TPSA) is 38.9 Å². The van der Waals surface area contributed by atoms with Gasteiger partial charge in [0.15, 0.2) is 0 Å². The molecule has 2 nitrogen and oxygen atoms in total. The molecule has 2 atom stereocenters. The van der Waals surface area contributed by atoms with Gasteiger partial charge in [0, 0.05) is 23.9 Å². The first-order chi connectivity index (χ1) is 7.20. The minimum atomic E-state index is 0.217. The van der Waals surface area contributed by atoms with Gasteiger partial charge in [-0.15, -0.1) is 0 Å². The Hall–Kier alpha value is -0.890. The summed E-state index contributed by atoms with van der Waals surface area (Å²) in [7, 11) is 0. The Labute approximate surface area is 92.9 Å². The molecule has 2 unspecified atom stereocenters. The molecular weight excluding hydrogens is 184 g/mol. The standard InChI is InChI=1S/C13H22N2/c1-4-11(5-2)13(14)10(3)12-8-6-7-9-15-12/h6-11,13H,4-5,14H2,1-3H3. The van der Waals surface area contributed by atoms with Gasteiger partial charge in [0.25, 0.3) is 0 Å². The fraction of sp³-hybridized carbons (Fsp3) is 0.615. The lowest BCUT2D eigenvalue weighted by Gasteiger charge is -2.26. The summed E-state index contributed by atoms with van der Waals surface area (Å²) in [6.45, 7) is 6.59. The highest BCUT2D eigenvalue weighted by molar-refractivity contribution is 5.11. The molecule has 0 spiro atoms. The van der Waals surface area contributed by atoms with Gasteiger partial charge >= 0.3 is 0 Å². The molecule has 0 aromatic carbocycles. The summed E-state index contributed by atoms with van der Waals surface area (Å²) >= 11 is 0. The maximum Gasteiger partial charge on any atom is 0.0447 e. The van der Waals surface area contributed by atoms with Crippen LogP contribution in [-0.4, -0.2) is 11.0 Å². The summed E-state index contributed by atoms with van der Waals surface area (Å²) in [5, 5.41) is 0. The van der Waals surface area contributed by atoms with Crippen molar-refractivity contribution in [2.24, 2.45) is 11.7 Å². The number of rotatable bonds is 5. The normalized spacial score (nSPS) is 15.3. The van der Waals surface area contributed by atoms with Crippen molar-refractivity contribution in [1.82, 2.24) is 4.98 Å². The third-order valence-corrected chi connectivity index (χ3v) is 3.32. The van der Waals surface area contributed by atoms with E-state index in [2.05, 4.69) is 31.8 Å². The van der Waals surface area contributed by atoms with Gasteiger partial charge in [-0.2, -0.15) is 0 Å². The largest absolute Gasteiger partial charge is 0.327 e. The van der Waals surface area contributed by atoms with E-state index in [1.165, 1.54) is 0 Å². The van der Waals surface area contributed by atoms with Crippen LogP contribution in [-0.2, 0) is 0 Å². The van der Waals surface area contributed by atoms with Gasteiger partial charge in [0.2, 0.25) is 0 Å². The highest BCUT2D eigenvalue weighted by atomic mass is 14.7. The van der Waals surface area contributed by atoms with Crippen LogP contribution >= 0.6 is 0 Å². The Morgan fingerprint density at radius 1 is 1.27 bits per heavy atom. The number of hydrogen-bond acceptors (Lipinski definition) is 2. The van der Waals surface area contributed by atoms with Gasteiger partial charge < -0.3 is 5.73 Å². The Balaban J connectivity index is 2.71. The van der Waals surface area contributed by atoms with Crippen molar-refractivity contribution in [2.45, 2.75) is 45.6 Å². The lowest BCUT2D eigenvalue weighted by molar-refractivity contribution is 0.354. The highest BCUT2D eigenvalue weighted by Crippen LogP contribution is 2.24. The molecule has 0 aliphatic heterocycles. The molecule has 2 N–H and O–H groups in total. The number of nitrogens with zero attached hydrogens (tertiary/aromatic N) is 1. The average Bonchev–Trinajstić information content (AvgIpc) is 2.30. The molecule has 15 heavy (non-hydrogen) atoms. The van der Waals surface area contributed by atoms with Crippen LogP contribution < -0.4 is 5.73 Å². The number of hydrogen-bond donors (Lipinski definition) is 1. The molecule has 1 rings (SSSR count). The van der Waals surface area contributed by atoms with Crippen LogP contribution in [0.2, 0.25) is 0 Å². The molecule has 0 bridgehead atoms. The van der Waals surface area contributed by atoms with Crippen LogP contribution in [0.15, 0.2) is 24.4 Å². The van der Waals surface area contributed by atoms with Crippen molar-refractivity contribution < 1.29 is 0 Å². The van der Waals surface area contributed by atoms with Crippen LogP contribution in [0.4, 0.5) is 0 Å². The van der Waals surface area contributed by atoms with Crippen LogP contribution in [0.5, 0.6) is 0 Å². The fourth-order valence-electron chi connectivity index (χ4n) is 2.08. The first-order valence-corrected chi connectivity index (χ1v) is 5.87. The fourth-order valence-corrected chi connectivity index (χ4v) is 2.08. The van der Waals surface area contributed by atoms with Gasteiger partial charge in [-0.25, -0.2) is 0 Å². The number of nitrogens with two attached hydrogens (primary N) is 1. The second-order valence-electron chi connectivity index (χ2n) is 4.20. The summed E-state index contributed by atoms with van der Waals surface area (Å²) in [6.07, 6.45) is 4.13. The molecule has 0 fully saturated rings. The van der Waals surface area contributed by atoms with E-state index in [-0.39, 0.29) is 6.04 Å². The van der Waals surface area contributed by atoms with Gasteiger partial charge in [-0.05, 0) is 18.1 Å². The van der Waals surface area contributed by atoms with Crippen molar-refractivity contribution >= 4 is 0 Å². The predicted molar refractivity (Wildman–Crippen MR) is 64.7 cm³/mol. The molecular formula is C13H22N2. The first kappa shape index (κ1) is 12.2. The first-order valence-electron chi connectivity index (χ1n) is 5.87. The predicted octanol–water partition coefficient (Wildman–Crippen LogP) is 2.95. The van der Waals surface area contributed by atoms with Crippen molar-refractivity contribution in [3.05, 3.63) is 30.1 Å². The molecule has 2 heteroatoms. The highest BCUT2D eigenvalue weighted by Gasteiger charge is 2.22. The molecule has 0 saturated heterocycles. The van der Waals surface area contributed by atoms with E-state index >= 15 is 0 Å². The lowest BCUT2D eigenvalue weighted by Crippen LogP contribution is -2.34. The Morgan fingerprint density at radius 3 is 2.40 bits per heavy atom. The second-order valence-corrected chi connectivity index (χ2v) is 4.20. The van der Waals surface area contributed by atoms with Crippen LogP contribution in [0.3, 0.4) is 0 Å². The Kier molecular flexibility index (Phi) is 4.76. The van der Waals surface area contributed by atoms with Crippen LogP contribution in [0.1, 0.15) is 45.2 Å². The monoisotopic (exact) mass is 206 g/mol. The minimum absolute atomic E-state index is 0.217. The Bertz CT molecular complexity index is 267. The summed E-state index contributed by atoms with van der Waals surface area (Å²) in [5.74, 6) is 0.943. The Morgan fingerprint density at radius 2 is 1.93 bits per heavy atom. The lowest BCUT2D eigenvalue weighted by atomic mass is 9.84. The van der Waals surface area contributed by atoms with Gasteiger partial charge in [-0.1, -0.05) is 39.7 Å². The quantitative estimate of drug-likeness (QED) is 0.804. The zero-order valence-corrected chi connectivity index (χ0v) is 9.98. The summed E-state index contributed by atoms with van der Waals surface area (Å²) in [4.78, 5) is 4.37. The van der Waals surface area contributed by atoms with E-state index in [1.54, 1.807) is 0 Å². The van der Waals surface area contributed by atoms with Crippen molar-refractivity contribution in [3.8, 4) is 0 Å². The molecule has 1 aromatic heterocycles. The van der Waals surface area contributed by atoms with Gasteiger partial charge in [0.1, 0.15) is 0 Å². The van der Waals surface area contributed by atoms with E-state index in [0.29, 0.717) is 11.8 Å². The SMILES string of the molecule is CCC(CC)C(N)C(C)c1ccccn1. The molecule has 0 aliphatic rings. The van der Waals surface area contributed by atoms with E-state index in [1.807, 2.05) is 18.3 Å². The zero-order chi connectivity index (χ0) is 11.3. The summed E-state index contributed by atoms with van der Waals surface area (Å²) < 4.78 is 0. The average molecular weight is 206 g/mol. The van der Waals surface area contributed by atoms with Gasteiger partial charge in [-0.3, -0.25) is 4.98 Å². The summed E-state index contributed by atoms with van der Waals surface area (Å²) in [5.41, 5.74) is 7.38. The number of aromatic nitrogens is 1. The minimum Gasteiger partial charge on any atom is -0.327 e. The van der Waals surface area contributed by atoms with Crippen molar-refractivity contribution in [2.75, 3.05) is 0 Å². The zero-order valence-electron chi connectivity index (χ0n) is 9.98. The second kappa shape index (κ2) is 5.86. The molecule has 0 saturated carbocycles. The summed E-state index contributed by atoms with van der Waals surface area (Å²) in [6, 6.07) is 6.25. The van der Waals surface area contributed by atoms with Crippen molar-refractivity contribution in [3.63, 3.8) is 0 Å². The third kappa shape index (κ3) is 3.03. The van der Waals surface area contributed by atoms with Gasteiger partial charge in [0.05, 0.1) is 0 Å². The maximum absolute atomic E-state index is 6.27. The van der Waals surface area contributed by atoms with E-state index in [9.17, 15) is 0 Å². The maximum atomic E-state index is 6.27. The molecule has 1 aromatic rings. The van der Waals surface area contributed by atoms with E-state index < -0.39 is 0 Å². The molecule has 0 amide bonds. The molecule has 1 heterocycles. The number of pyridine rings is 1. The molecule has 0 radical (unpaired) electrons. The van der Waals surface area contributed by atoms with E-state index in [4.69, 9.17) is 5.73 Å². The third-order valence-electron chi connectivity index (χ3n) is 3.32. The van der Waals surface area contributed by atoms with Crippen LogP contribution in [0, 0.1) is 5.92 Å². The smallest absolute Gasteiger partial charge is 0.0447 e. The van der Waals surface area contributed by atoms with Crippen molar-refractivity contribution in [1.29, 1.82) is 0 Å². The van der Waals surface area contributed by atoms with Crippen LogP contribution in [0.25, 0.3) is 0 Å².